The first-order valence-corrected chi connectivity index (χ1v) is 14.2. The van der Waals surface area contributed by atoms with E-state index in [1.807, 2.05) is 36.4 Å². The molecule has 2 aliphatic heterocycles. The number of amides is 2. The Bertz CT molecular complexity index is 1410. The Morgan fingerprint density at radius 1 is 1.00 bits per heavy atom. The second kappa shape index (κ2) is 14.5. The molecule has 0 unspecified atom stereocenters. The lowest BCUT2D eigenvalue weighted by Gasteiger charge is -2.26. The molecule has 0 saturated carbocycles. The number of ether oxygens (including phenoxy) is 3. The van der Waals surface area contributed by atoms with Crippen LogP contribution in [0.5, 0.6) is 17.2 Å². The van der Waals surface area contributed by atoms with Crippen molar-refractivity contribution < 1.29 is 23.8 Å². The maximum Gasteiger partial charge on any atom is 0.270 e. The second-order valence-electron chi connectivity index (χ2n) is 9.20. The molecule has 41 heavy (non-hydrogen) atoms. The first-order chi connectivity index (χ1) is 19.5. The number of carbonyl (C=O) groups is 2. The number of thiocarbonyl (C=S) groups is 1. The molecule has 0 radical (unpaired) electrons. The molecule has 0 aliphatic carbocycles. The third-order valence-corrected chi connectivity index (χ3v) is 7.74. The Morgan fingerprint density at radius 3 is 2.39 bits per heavy atom. The number of anilines is 1. The van der Waals surface area contributed by atoms with E-state index in [-0.39, 0.29) is 18.3 Å². The zero-order valence-electron chi connectivity index (χ0n) is 22.2. The van der Waals surface area contributed by atoms with Gasteiger partial charge in [-0.2, -0.15) is 0 Å². The third kappa shape index (κ3) is 7.87. The van der Waals surface area contributed by atoms with E-state index < -0.39 is 5.91 Å². The normalized spacial score (nSPS) is 16.5. The van der Waals surface area contributed by atoms with Crippen LogP contribution in [-0.4, -0.2) is 60.5 Å². The molecule has 2 amide bonds. The Morgan fingerprint density at radius 2 is 1.68 bits per heavy atom. The van der Waals surface area contributed by atoms with E-state index in [4.69, 9.17) is 32.2 Å². The summed E-state index contributed by atoms with van der Waals surface area (Å²) in [4.78, 5) is 29.3. The number of thioether (sulfide) groups is 1. The average molecular weight is 612 g/mol. The van der Waals surface area contributed by atoms with E-state index in [1.54, 1.807) is 42.5 Å². The summed E-state index contributed by atoms with van der Waals surface area (Å²) in [6.07, 6.45) is 2.74. The van der Waals surface area contributed by atoms with Crippen molar-refractivity contribution in [1.29, 1.82) is 0 Å². The third-order valence-electron chi connectivity index (χ3n) is 6.44. The zero-order chi connectivity index (χ0) is 27.9. The molecule has 3 aromatic rings. The van der Waals surface area contributed by atoms with E-state index in [2.05, 4.69) is 4.90 Å². The summed E-state index contributed by atoms with van der Waals surface area (Å²) in [6, 6.07) is 21.4. The van der Waals surface area contributed by atoms with Gasteiger partial charge in [-0.3, -0.25) is 19.4 Å². The molecule has 5 rings (SSSR count). The summed E-state index contributed by atoms with van der Waals surface area (Å²) >= 11 is 6.78. The molecular weight excluding hydrogens is 582 g/mol. The van der Waals surface area contributed by atoms with Gasteiger partial charge in [0, 0.05) is 19.6 Å². The topological polar surface area (TPSA) is 94.3 Å². The number of halogens is 1. The van der Waals surface area contributed by atoms with Crippen molar-refractivity contribution >= 4 is 64.3 Å². The van der Waals surface area contributed by atoms with Gasteiger partial charge in [0.05, 0.1) is 36.0 Å². The van der Waals surface area contributed by atoms with Crippen LogP contribution in [-0.2, 0) is 9.53 Å². The number of morpholine rings is 1. The molecule has 2 aliphatic rings. The molecule has 8 nitrogen and oxygen atoms in total. The minimum atomic E-state index is -0.559. The summed E-state index contributed by atoms with van der Waals surface area (Å²) in [5, 5.41) is 0. The fraction of sp³-hybridized carbons (Fsp3) is 0.233. The minimum absolute atomic E-state index is 0. The second-order valence-corrected chi connectivity index (χ2v) is 10.9. The van der Waals surface area contributed by atoms with Crippen molar-refractivity contribution in [2.24, 2.45) is 5.73 Å². The molecule has 214 valence electrons. The van der Waals surface area contributed by atoms with Crippen LogP contribution in [0.2, 0.25) is 0 Å². The molecule has 0 bridgehead atoms. The quantitative estimate of drug-likeness (QED) is 0.182. The number of nitrogens with two attached hydrogens (primary N) is 1. The monoisotopic (exact) mass is 611 g/mol. The van der Waals surface area contributed by atoms with Gasteiger partial charge in [-0.15, -0.1) is 12.4 Å². The largest absolute Gasteiger partial charge is 0.494 e. The van der Waals surface area contributed by atoms with Gasteiger partial charge in [-0.25, -0.2) is 0 Å². The fourth-order valence-corrected chi connectivity index (χ4v) is 5.65. The Balaban J connectivity index is 0.00000387. The highest BCUT2D eigenvalue weighted by Gasteiger charge is 2.33. The summed E-state index contributed by atoms with van der Waals surface area (Å²) in [5.74, 6) is 0.947. The molecule has 0 atom stereocenters. The molecular formula is C30H30ClN3O5S2. The molecule has 3 aromatic carbocycles. The van der Waals surface area contributed by atoms with Gasteiger partial charge in [-0.1, -0.05) is 48.2 Å². The van der Waals surface area contributed by atoms with E-state index in [9.17, 15) is 9.59 Å². The summed E-state index contributed by atoms with van der Waals surface area (Å²) < 4.78 is 17.6. The maximum absolute atomic E-state index is 13.2. The molecule has 2 saturated heterocycles. The molecule has 2 heterocycles. The number of nitrogens with zero attached hydrogens (tertiary/aromatic N) is 2. The SMILES string of the molecule is Cl.NC(=O)c1ccccc1Oc1ccc(C=C2SC(=S)N(c3ccc(OCCCN4CCOCC4)cc3)C2=O)cc1. The van der Waals surface area contributed by atoms with Crippen LogP contribution in [0, 0.1) is 0 Å². The van der Waals surface area contributed by atoms with Crippen molar-refractivity contribution in [3.63, 3.8) is 0 Å². The van der Waals surface area contributed by atoms with Gasteiger partial charge >= 0.3 is 0 Å². The minimum Gasteiger partial charge on any atom is -0.494 e. The first-order valence-electron chi connectivity index (χ1n) is 13.0. The lowest BCUT2D eigenvalue weighted by Crippen LogP contribution is -2.37. The number of primary amides is 1. The molecule has 2 fully saturated rings. The van der Waals surface area contributed by atoms with E-state index >= 15 is 0 Å². The Labute approximate surface area is 254 Å². The van der Waals surface area contributed by atoms with Crippen LogP contribution in [0.25, 0.3) is 6.08 Å². The van der Waals surface area contributed by atoms with Gasteiger partial charge in [0.25, 0.3) is 11.8 Å². The van der Waals surface area contributed by atoms with Crippen LogP contribution in [0.1, 0.15) is 22.3 Å². The van der Waals surface area contributed by atoms with Crippen LogP contribution >= 0.6 is 36.4 Å². The summed E-state index contributed by atoms with van der Waals surface area (Å²) in [5.41, 5.74) is 7.25. The van der Waals surface area contributed by atoms with Crippen LogP contribution in [0.3, 0.4) is 0 Å². The number of benzene rings is 3. The Kier molecular flexibility index (Phi) is 10.8. The van der Waals surface area contributed by atoms with Crippen LogP contribution < -0.4 is 20.1 Å². The Hall–Kier alpha value is -3.41. The zero-order valence-corrected chi connectivity index (χ0v) is 24.6. The number of para-hydroxylation sites is 1. The number of hydrogen-bond acceptors (Lipinski definition) is 8. The predicted molar refractivity (Wildman–Crippen MR) is 168 cm³/mol. The van der Waals surface area contributed by atoms with Crippen LogP contribution in [0.15, 0.2) is 77.7 Å². The fourth-order valence-electron chi connectivity index (χ4n) is 4.35. The number of rotatable bonds is 10. The van der Waals surface area contributed by atoms with Crippen LogP contribution in [0.4, 0.5) is 5.69 Å². The molecule has 11 heteroatoms. The number of hydrogen-bond donors (Lipinski definition) is 1. The van der Waals surface area contributed by atoms with Crippen molar-refractivity contribution in [2.45, 2.75) is 6.42 Å². The predicted octanol–water partition coefficient (Wildman–Crippen LogP) is 5.51. The average Bonchev–Trinajstić information content (AvgIpc) is 3.25. The van der Waals surface area contributed by atoms with E-state index in [1.165, 1.54) is 16.7 Å². The number of carbonyl (C=O) groups excluding carboxylic acids is 2. The van der Waals surface area contributed by atoms with Crippen molar-refractivity contribution in [3.8, 4) is 17.2 Å². The lowest BCUT2D eigenvalue weighted by atomic mass is 10.2. The van der Waals surface area contributed by atoms with Gasteiger partial charge < -0.3 is 19.9 Å². The van der Waals surface area contributed by atoms with Gasteiger partial charge in [0.15, 0.2) is 4.32 Å². The molecule has 0 aromatic heterocycles. The van der Waals surface area contributed by atoms with E-state index in [0.717, 1.165) is 50.6 Å². The smallest absolute Gasteiger partial charge is 0.270 e. The van der Waals surface area contributed by atoms with Crippen molar-refractivity contribution in [2.75, 3.05) is 44.4 Å². The maximum atomic E-state index is 13.2. The highest BCUT2D eigenvalue weighted by atomic mass is 35.5. The van der Waals surface area contributed by atoms with Gasteiger partial charge in [0.2, 0.25) is 0 Å². The summed E-state index contributed by atoms with van der Waals surface area (Å²) in [6.45, 7) is 5.15. The summed E-state index contributed by atoms with van der Waals surface area (Å²) in [7, 11) is 0. The van der Waals surface area contributed by atoms with Crippen molar-refractivity contribution in [1.82, 2.24) is 4.90 Å². The molecule has 2 N–H and O–H groups in total. The van der Waals surface area contributed by atoms with Gasteiger partial charge in [-0.05, 0) is 66.6 Å². The molecule has 0 spiro atoms. The first kappa shape index (κ1) is 30.5. The highest BCUT2D eigenvalue weighted by Crippen LogP contribution is 2.37. The van der Waals surface area contributed by atoms with Gasteiger partial charge in [0.1, 0.15) is 17.2 Å². The highest BCUT2D eigenvalue weighted by molar-refractivity contribution is 8.27. The standard InChI is InChI=1S/C30H29N3O5S2.ClH/c31-28(34)25-4-1-2-5-26(25)38-24-10-6-21(7-11-24)20-27-29(35)33(30(39)40-27)22-8-12-23(13-9-22)37-17-3-14-32-15-18-36-19-16-32;/h1-2,4-13,20H,3,14-19H2,(H2,31,34);1H. The lowest BCUT2D eigenvalue weighted by molar-refractivity contribution is -0.113. The van der Waals surface area contributed by atoms with E-state index in [0.29, 0.717) is 38.6 Å². The van der Waals surface area contributed by atoms with Crippen molar-refractivity contribution in [3.05, 3.63) is 88.8 Å².